The molecule has 0 saturated carbocycles. The number of esters is 1. The van der Waals surface area contributed by atoms with Crippen LogP contribution in [-0.2, 0) is 9.53 Å². The largest absolute Gasteiger partial charge is 0.463 e. The summed E-state index contributed by atoms with van der Waals surface area (Å²) >= 11 is 0. The van der Waals surface area contributed by atoms with Crippen LogP contribution in [0.1, 0.15) is 25.5 Å². The SMILES string of the molecule is CCCCOC(=O)/C=C/c1c[nH]c(=O)[nH]1. The summed E-state index contributed by atoms with van der Waals surface area (Å²) < 4.78 is 4.88. The second-order valence-electron chi connectivity index (χ2n) is 3.05. The molecule has 1 aromatic heterocycles. The van der Waals surface area contributed by atoms with Crippen LogP contribution in [0.2, 0.25) is 0 Å². The van der Waals surface area contributed by atoms with Gasteiger partial charge in [-0.2, -0.15) is 0 Å². The Balaban J connectivity index is 2.37. The van der Waals surface area contributed by atoms with Crippen LogP contribution in [0.5, 0.6) is 0 Å². The molecule has 0 aliphatic carbocycles. The second kappa shape index (κ2) is 5.85. The summed E-state index contributed by atoms with van der Waals surface area (Å²) in [6.07, 6.45) is 6.11. The number of aromatic amines is 2. The molecule has 0 aliphatic heterocycles. The first-order valence-corrected chi connectivity index (χ1v) is 4.85. The molecule has 0 spiro atoms. The van der Waals surface area contributed by atoms with Crippen LogP contribution >= 0.6 is 0 Å². The second-order valence-corrected chi connectivity index (χ2v) is 3.05. The molecule has 0 unspecified atom stereocenters. The molecule has 82 valence electrons. The molecule has 0 amide bonds. The maximum atomic E-state index is 11.1. The van der Waals surface area contributed by atoms with Crippen molar-refractivity contribution in [2.75, 3.05) is 6.61 Å². The van der Waals surface area contributed by atoms with E-state index in [4.69, 9.17) is 4.74 Å². The van der Waals surface area contributed by atoms with Crippen LogP contribution in [0.25, 0.3) is 6.08 Å². The zero-order valence-corrected chi connectivity index (χ0v) is 8.58. The van der Waals surface area contributed by atoms with Crippen LogP contribution in [-0.4, -0.2) is 22.5 Å². The van der Waals surface area contributed by atoms with E-state index in [1.54, 1.807) is 0 Å². The molecule has 0 aliphatic rings. The number of H-pyrrole nitrogens is 2. The van der Waals surface area contributed by atoms with Gasteiger partial charge in [-0.1, -0.05) is 13.3 Å². The van der Waals surface area contributed by atoms with Gasteiger partial charge in [0.15, 0.2) is 0 Å². The highest BCUT2D eigenvalue weighted by Gasteiger charge is 1.96. The summed E-state index contributed by atoms with van der Waals surface area (Å²) in [4.78, 5) is 26.7. The fraction of sp³-hybridized carbons (Fsp3) is 0.400. The number of carbonyl (C=O) groups excluding carboxylic acids is 1. The number of carbonyl (C=O) groups is 1. The minimum absolute atomic E-state index is 0.297. The number of nitrogens with one attached hydrogen (secondary N) is 2. The molecule has 1 aromatic rings. The lowest BCUT2D eigenvalue weighted by Crippen LogP contribution is -2.02. The van der Waals surface area contributed by atoms with Crippen LogP contribution < -0.4 is 5.69 Å². The van der Waals surface area contributed by atoms with Gasteiger partial charge in [0.2, 0.25) is 0 Å². The van der Waals surface area contributed by atoms with Crippen molar-refractivity contribution in [1.29, 1.82) is 0 Å². The highest BCUT2D eigenvalue weighted by atomic mass is 16.5. The Morgan fingerprint density at radius 3 is 3.00 bits per heavy atom. The highest BCUT2D eigenvalue weighted by Crippen LogP contribution is 1.94. The highest BCUT2D eigenvalue weighted by molar-refractivity contribution is 5.86. The normalized spacial score (nSPS) is 10.7. The van der Waals surface area contributed by atoms with Crippen LogP contribution in [0, 0.1) is 0 Å². The fourth-order valence-electron chi connectivity index (χ4n) is 0.959. The van der Waals surface area contributed by atoms with Crippen molar-refractivity contribution in [3.63, 3.8) is 0 Å². The first-order chi connectivity index (χ1) is 7.22. The summed E-state index contributed by atoms with van der Waals surface area (Å²) in [5, 5.41) is 0. The fourth-order valence-corrected chi connectivity index (χ4v) is 0.959. The monoisotopic (exact) mass is 210 g/mol. The quantitative estimate of drug-likeness (QED) is 0.433. The predicted molar refractivity (Wildman–Crippen MR) is 56.3 cm³/mol. The molecular weight excluding hydrogens is 196 g/mol. The molecule has 0 atom stereocenters. The van der Waals surface area contributed by atoms with Crippen molar-refractivity contribution in [3.05, 3.63) is 28.5 Å². The first-order valence-electron chi connectivity index (χ1n) is 4.85. The minimum atomic E-state index is -0.398. The number of hydrogen-bond donors (Lipinski definition) is 2. The van der Waals surface area contributed by atoms with Gasteiger partial charge in [0.25, 0.3) is 0 Å². The number of hydrogen-bond acceptors (Lipinski definition) is 3. The number of unbranched alkanes of at least 4 members (excludes halogenated alkanes) is 1. The van der Waals surface area contributed by atoms with Crippen LogP contribution in [0.3, 0.4) is 0 Å². The lowest BCUT2D eigenvalue weighted by molar-refractivity contribution is -0.137. The van der Waals surface area contributed by atoms with E-state index < -0.39 is 5.97 Å². The van der Waals surface area contributed by atoms with Gasteiger partial charge in [0.1, 0.15) is 0 Å². The molecule has 0 bridgehead atoms. The molecular formula is C10H14N2O3. The van der Waals surface area contributed by atoms with Gasteiger partial charge in [0, 0.05) is 12.3 Å². The third kappa shape index (κ3) is 4.30. The summed E-state index contributed by atoms with van der Waals surface area (Å²) in [5.74, 6) is -0.398. The maximum Gasteiger partial charge on any atom is 0.330 e. The summed E-state index contributed by atoms with van der Waals surface area (Å²) in [6.45, 7) is 2.46. The Bertz CT molecular complexity index is 389. The lowest BCUT2D eigenvalue weighted by Gasteiger charge is -1.98. The Labute approximate surface area is 87.2 Å². The zero-order valence-electron chi connectivity index (χ0n) is 8.58. The standard InChI is InChI=1S/C10H14N2O3/c1-2-3-6-15-9(13)5-4-8-7-11-10(14)12-8/h4-5,7H,2-3,6H2,1H3,(H2,11,12,14)/b5-4+. The summed E-state index contributed by atoms with van der Waals surface area (Å²) in [6, 6.07) is 0. The molecule has 5 nitrogen and oxygen atoms in total. The van der Waals surface area contributed by atoms with Gasteiger partial charge in [-0.25, -0.2) is 9.59 Å². The zero-order chi connectivity index (χ0) is 11.1. The molecule has 0 saturated heterocycles. The van der Waals surface area contributed by atoms with E-state index in [1.807, 2.05) is 6.92 Å². The Morgan fingerprint density at radius 1 is 1.60 bits per heavy atom. The minimum Gasteiger partial charge on any atom is -0.463 e. The van der Waals surface area contributed by atoms with E-state index in [-0.39, 0.29) is 5.69 Å². The molecule has 1 heterocycles. The molecule has 2 N–H and O–H groups in total. The topological polar surface area (TPSA) is 75.0 Å². The number of aromatic nitrogens is 2. The molecule has 5 heteroatoms. The Morgan fingerprint density at radius 2 is 2.40 bits per heavy atom. The van der Waals surface area contributed by atoms with E-state index in [1.165, 1.54) is 18.3 Å². The average Bonchev–Trinajstić information content (AvgIpc) is 2.62. The van der Waals surface area contributed by atoms with E-state index in [2.05, 4.69) is 9.97 Å². The van der Waals surface area contributed by atoms with Crippen molar-refractivity contribution in [1.82, 2.24) is 9.97 Å². The van der Waals surface area contributed by atoms with Crippen molar-refractivity contribution in [2.45, 2.75) is 19.8 Å². The van der Waals surface area contributed by atoms with E-state index in [0.717, 1.165) is 12.8 Å². The number of ether oxygens (including phenoxy) is 1. The van der Waals surface area contributed by atoms with Gasteiger partial charge < -0.3 is 14.7 Å². The third-order valence-electron chi connectivity index (χ3n) is 1.76. The predicted octanol–water partition coefficient (Wildman–Crippen LogP) is 1.06. The van der Waals surface area contributed by atoms with Crippen molar-refractivity contribution in [2.24, 2.45) is 0 Å². The van der Waals surface area contributed by atoms with Gasteiger partial charge >= 0.3 is 11.7 Å². The summed E-state index contributed by atoms with van der Waals surface area (Å²) in [5.41, 5.74) is 0.251. The van der Waals surface area contributed by atoms with Gasteiger partial charge in [-0.3, -0.25) is 0 Å². The third-order valence-corrected chi connectivity index (χ3v) is 1.76. The maximum absolute atomic E-state index is 11.1. The van der Waals surface area contributed by atoms with E-state index in [9.17, 15) is 9.59 Å². The summed E-state index contributed by atoms with van der Waals surface area (Å²) in [7, 11) is 0. The van der Waals surface area contributed by atoms with Crippen molar-refractivity contribution < 1.29 is 9.53 Å². The lowest BCUT2D eigenvalue weighted by atomic mass is 10.3. The van der Waals surface area contributed by atoms with Gasteiger partial charge in [0.05, 0.1) is 12.3 Å². The molecule has 0 radical (unpaired) electrons. The molecule has 1 rings (SSSR count). The van der Waals surface area contributed by atoms with E-state index >= 15 is 0 Å². The number of imidazole rings is 1. The van der Waals surface area contributed by atoms with Crippen molar-refractivity contribution in [3.8, 4) is 0 Å². The van der Waals surface area contributed by atoms with E-state index in [0.29, 0.717) is 12.3 Å². The Hall–Kier alpha value is -1.78. The number of rotatable bonds is 5. The smallest absolute Gasteiger partial charge is 0.330 e. The van der Waals surface area contributed by atoms with Crippen LogP contribution in [0.4, 0.5) is 0 Å². The molecule has 0 aromatic carbocycles. The Kier molecular flexibility index (Phi) is 4.40. The average molecular weight is 210 g/mol. The van der Waals surface area contributed by atoms with Crippen molar-refractivity contribution >= 4 is 12.0 Å². The van der Waals surface area contributed by atoms with Gasteiger partial charge in [-0.05, 0) is 12.5 Å². The molecule has 15 heavy (non-hydrogen) atoms. The molecule has 0 fully saturated rings. The van der Waals surface area contributed by atoms with Gasteiger partial charge in [-0.15, -0.1) is 0 Å². The first kappa shape index (κ1) is 11.3. The van der Waals surface area contributed by atoms with Crippen LogP contribution in [0.15, 0.2) is 17.1 Å².